The van der Waals surface area contributed by atoms with Gasteiger partial charge in [0.25, 0.3) is 0 Å². The fourth-order valence-corrected chi connectivity index (χ4v) is 0.174. The van der Waals surface area contributed by atoms with Crippen molar-refractivity contribution in [3.63, 3.8) is 0 Å². The van der Waals surface area contributed by atoms with Crippen molar-refractivity contribution >= 4 is 12.3 Å². The van der Waals surface area contributed by atoms with Crippen LogP contribution in [0.25, 0.3) is 0 Å². The molecule has 0 saturated carbocycles. The average Bonchev–Trinajstić information content (AvgIpc) is 2.16. The maximum Gasteiger partial charge on any atom is 0.332 e. The molecule has 0 atom stereocenters. The van der Waals surface area contributed by atoms with Gasteiger partial charge in [-0.15, -0.1) is 6.58 Å². The van der Waals surface area contributed by atoms with E-state index in [-0.39, 0.29) is 5.97 Å². The number of hydrogen-bond acceptors (Lipinski definition) is 3. The van der Waals surface area contributed by atoms with Gasteiger partial charge >= 0.3 is 5.97 Å². The Morgan fingerprint density at radius 2 is 1.31 bits per heavy atom. The van der Waals surface area contributed by atoms with Crippen LogP contribution in [0, 0.1) is 0 Å². The summed E-state index contributed by atoms with van der Waals surface area (Å²) in [6, 6.07) is 0. The Hall–Kier alpha value is -1.64. The summed E-state index contributed by atoms with van der Waals surface area (Å²) >= 11 is 0. The second-order valence-corrected chi connectivity index (χ2v) is 3.44. The number of hydrogen-bond donors (Lipinski definition) is 0. The summed E-state index contributed by atoms with van der Waals surface area (Å²) in [4.78, 5) is 19.6. The molecule has 0 radical (unpaired) electrons. The van der Waals surface area contributed by atoms with Crippen molar-refractivity contribution in [1.82, 2.24) is 0 Å². The topological polar surface area (TPSA) is 43.4 Å². The van der Waals surface area contributed by atoms with Crippen LogP contribution in [0.2, 0.25) is 0 Å². The van der Waals surface area contributed by atoms with E-state index in [4.69, 9.17) is 0 Å². The van der Waals surface area contributed by atoms with Crippen molar-refractivity contribution < 1.29 is 14.3 Å². The van der Waals surface area contributed by atoms with E-state index < -0.39 is 0 Å². The van der Waals surface area contributed by atoms with E-state index in [1.54, 1.807) is 13.8 Å². The van der Waals surface area contributed by atoms with Crippen molar-refractivity contribution in [3.05, 3.63) is 36.5 Å². The van der Waals surface area contributed by atoms with Crippen LogP contribution in [-0.4, -0.2) is 19.4 Å². The molecule has 0 aliphatic carbocycles. The van der Waals surface area contributed by atoms with E-state index in [0.717, 1.165) is 6.29 Å². The molecule has 0 saturated heterocycles. The number of allylic oxidation sites excluding steroid dienone is 2. The molecule has 16 heavy (non-hydrogen) atoms. The standard InChI is InChI=1S/C5H8O2.C4H6O.C4H8/c1-4(2)5(6)7-3;1-4(2)3-5;1-4(2)3/h1H2,2-3H3;3H,1H2,2H3;1H2,2-3H3. The minimum Gasteiger partial charge on any atom is -0.466 e. The number of methoxy groups -OCH3 is 1. The number of ether oxygens (including phenoxy) is 1. The molecule has 0 spiro atoms. The Labute approximate surface area is 98.5 Å². The largest absolute Gasteiger partial charge is 0.466 e. The highest BCUT2D eigenvalue weighted by Gasteiger charge is 1.95. The Kier molecular flexibility index (Phi) is 16.6. The van der Waals surface area contributed by atoms with Gasteiger partial charge in [-0.3, -0.25) is 4.79 Å². The van der Waals surface area contributed by atoms with Gasteiger partial charge in [0.2, 0.25) is 0 Å². The molecule has 0 amide bonds. The van der Waals surface area contributed by atoms with Crippen molar-refractivity contribution in [2.45, 2.75) is 27.7 Å². The zero-order chi connectivity index (χ0) is 13.7. The number of esters is 1. The summed E-state index contributed by atoms with van der Waals surface area (Å²) in [6.07, 6.45) is 0.722. The Morgan fingerprint density at radius 3 is 1.31 bits per heavy atom. The summed E-state index contributed by atoms with van der Waals surface area (Å²) in [5.74, 6) is -0.347. The molecule has 0 aliphatic rings. The molecular weight excluding hydrogens is 204 g/mol. The first-order chi connectivity index (χ1) is 7.18. The lowest BCUT2D eigenvalue weighted by atomic mass is 10.4. The SMILES string of the molecule is C=C(C)C.C=C(C)C(=O)OC.C=C(C)C=O. The maximum absolute atomic E-state index is 10.2. The number of carbonyl (C=O) groups excluding carboxylic acids is 2. The Bertz CT molecular complexity index is 258. The quantitative estimate of drug-likeness (QED) is 0.314. The van der Waals surface area contributed by atoms with Crippen LogP contribution in [0.5, 0.6) is 0 Å². The zero-order valence-corrected chi connectivity index (χ0v) is 10.9. The van der Waals surface area contributed by atoms with Crippen molar-refractivity contribution in [2.75, 3.05) is 7.11 Å². The van der Waals surface area contributed by atoms with E-state index in [1.807, 2.05) is 13.8 Å². The molecule has 0 rings (SSSR count). The van der Waals surface area contributed by atoms with Crippen LogP contribution in [0.3, 0.4) is 0 Å². The Balaban J connectivity index is -0.000000166. The van der Waals surface area contributed by atoms with Crippen LogP contribution in [0.1, 0.15) is 27.7 Å². The average molecular weight is 226 g/mol. The lowest BCUT2D eigenvalue weighted by molar-refractivity contribution is -0.136. The van der Waals surface area contributed by atoms with Crippen molar-refractivity contribution in [2.24, 2.45) is 0 Å². The first-order valence-corrected chi connectivity index (χ1v) is 4.65. The van der Waals surface area contributed by atoms with Gasteiger partial charge in [0.05, 0.1) is 7.11 Å². The molecule has 0 aromatic carbocycles. The zero-order valence-electron chi connectivity index (χ0n) is 10.9. The third-order valence-electron chi connectivity index (χ3n) is 0.735. The highest BCUT2D eigenvalue weighted by molar-refractivity contribution is 5.86. The van der Waals surface area contributed by atoms with Gasteiger partial charge in [-0.25, -0.2) is 4.79 Å². The minimum absolute atomic E-state index is 0.347. The van der Waals surface area contributed by atoms with E-state index in [0.29, 0.717) is 11.1 Å². The summed E-state index contributed by atoms with van der Waals surface area (Å²) in [5.41, 5.74) is 2.17. The molecule has 3 nitrogen and oxygen atoms in total. The summed E-state index contributed by atoms with van der Waals surface area (Å²) in [7, 11) is 1.33. The van der Waals surface area contributed by atoms with Gasteiger partial charge in [-0.2, -0.15) is 0 Å². The van der Waals surface area contributed by atoms with E-state index in [1.165, 1.54) is 12.7 Å². The summed E-state index contributed by atoms with van der Waals surface area (Å²) in [5, 5.41) is 0. The second-order valence-electron chi connectivity index (χ2n) is 3.44. The fourth-order valence-electron chi connectivity index (χ4n) is 0.174. The first kappa shape index (κ1) is 19.9. The minimum atomic E-state index is -0.347. The van der Waals surface area contributed by atoms with Gasteiger partial charge in [0.1, 0.15) is 6.29 Å². The van der Waals surface area contributed by atoms with Gasteiger partial charge in [0.15, 0.2) is 0 Å². The molecule has 0 aliphatic heterocycles. The lowest BCUT2D eigenvalue weighted by Gasteiger charge is -1.91. The highest BCUT2D eigenvalue weighted by atomic mass is 16.5. The van der Waals surface area contributed by atoms with Crippen molar-refractivity contribution in [1.29, 1.82) is 0 Å². The molecule has 0 heterocycles. The third-order valence-corrected chi connectivity index (χ3v) is 0.735. The normalized spacial score (nSPS) is 7.06. The number of rotatable bonds is 2. The maximum atomic E-state index is 10.2. The van der Waals surface area contributed by atoms with Crippen molar-refractivity contribution in [3.8, 4) is 0 Å². The highest BCUT2D eigenvalue weighted by Crippen LogP contribution is 1.87. The fraction of sp³-hybridized carbons (Fsp3) is 0.385. The van der Waals surface area contributed by atoms with E-state index >= 15 is 0 Å². The molecule has 3 heteroatoms. The summed E-state index contributed by atoms with van der Waals surface area (Å²) in [6.45, 7) is 17.4. The molecule has 0 fully saturated rings. The number of aldehydes is 1. The van der Waals surface area contributed by atoms with E-state index in [2.05, 4.69) is 24.5 Å². The molecule has 92 valence electrons. The molecule has 0 N–H and O–H groups in total. The third kappa shape index (κ3) is 39.4. The van der Waals surface area contributed by atoms with Gasteiger partial charge in [0, 0.05) is 5.57 Å². The molecule has 0 aromatic heterocycles. The second kappa shape index (κ2) is 13.4. The lowest BCUT2D eigenvalue weighted by Crippen LogP contribution is -1.98. The van der Waals surface area contributed by atoms with Gasteiger partial charge in [-0.1, -0.05) is 18.7 Å². The smallest absolute Gasteiger partial charge is 0.332 e. The first-order valence-electron chi connectivity index (χ1n) is 4.65. The Morgan fingerprint density at radius 1 is 1.06 bits per heavy atom. The molecular formula is C13H22O3. The van der Waals surface area contributed by atoms with Gasteiger partial charge < -0.3 is 4.74 Å². The monoisotopic (exact) mass is 226 g/mol. The summed E-state index contributed by atoms with van der Waals surface area (Å²) < 4.78 is 4.27. The van der Waals surface area contributed by atoms with E-state index in [9.17, 15) is 9.59 Å². The predicted molar refractivity (Wildman–Crippen MR) is 68.2 cm³/mol. The molecule has 0 unspecified atom stereocenters. The van der Waals surface area contributed by atoms with Gasteiger partial charge in [-0.05, 0) is 33.3 Å². The van der Waals surface area contributed by atoms with Crippen LogP contribution < -0.4 is 0 Å². The van der Waals surface area contributed by atoms with Crippen LogP contribution >= 0.6 is 0 Å². The predicted octanol–water partition coefficient (Wildman–Crippen LogP) is 3.08. The van der Waals surface area contributed by atoms with Crippen LogP contribution in [-0.2, 0) is 14.3 Å². The number of carbonyl (C=O) groups is 2. The molecule has 0 aromatic rings. The van der Waals surface area contributed by atoms with Crippen LogP contribution in [0.15, 0.2) is 36.5 Å². The van der Waals surface area contributed by atoms with Crippen LogP contribution in [0.4, 0.5) is 0 Å². The molecule has 0 bridgehead atoms.